The van der Waals surface area contributed by atoms with Crippen molar-refractivity contribution in [2.45, 2.75) is 25.9 Å². The quantitative estimate of drug-likeness (QED) is 0.841. The van der Waals surface area contributed by atoms with Gasteiger partial charge in [-0.25, -0.2) is 0 Å². The van der Waals surface area contributed by atoms with Crippen molar-refractivity contribution in [2.24, 2.45) is 17.1 Å². The van der Waals surface area contributed by atoms with Crippen LogP contribution in [0.3, 0.4) is 0 Å². The van der Waals surface area contributed by atoms with E-state index in [0.717, 1.165) is 6.07 Å². The molecule has 1 amide bonds. The molecule has 1 aliphatic rings. The van der Waals surface area contributed by atoms with Gasteiger partial charge in [-0.1, -0.05) is 31.3 Å². The van der Waals surface area contributed by atoms with Crippen LogP contribution in [0.5, 0.6) is 0 Å². The molecular weight excluding hydrogens is 301 g/mol. The van der Waals surface area contributed by atoms with Gasteiger partial charge in [0.1, 0.15) is 0 Å². The van der Waals surface area contributed by atoms with E-state index in [1.807, 2.05) is 6.92 Å². The number of thiocarbonyl (C=S) groups is 1. The molecule has 1 aromatic carbocycles. The third-order valence-electron chi connectivity index (χ3n) is 3.78. The van der Waals surface area contributed by atoms with E-state index >= 15 is 0 Å². The van der Waals surface area contributed by atoms with Crippen molar-refractivity contribution < 1.29 is 18.0 Å². The van der Waals surface area contributed by atoms with Crippen molar-refractivity contribution in [3.05, 3.63) is 29.8 Å². The highest BCUT2D eigenvalue weighted by Gasteiger charge is 2.51. The van der Waals surface area contributed by atoms with Crippen LogP contribution in [0.25, 0.3) is 0 Å². The second-order valence-electron chi connectivity index (χ2n) is 5.46. The lowest BCUT2D eigenvalue weighted by Crippen LogP contribution is -2.54. The Hall–Kier alpha value is -1.63. The van der Waals surface area contributed by atoms with Crippen molar-refractivity contribution in [1.29, 1.82) is 0 Å². The van der Waals surface area contributed by atoms with Crippen LogP contribution in [0.15, 0.2) is 24.3 Å². The first-order valence-corrected chi connectivity index (χ1v) is 6.85. The number of alkyl halides is 3. The third-order valence-corrected chi connectivity index (χ3v) is 4.17. The monoisotopic (exact) mass is 316 g/mol. The summed E-state index contributed by atoms with van der Waals surface area (Å²) < 4.78 is 38.7. The van der Waals surface area contributed by atoms with Gasteiger partial charge >= 0.3 is 6.18 Å². The van der Waals surface area contributed by atoms with E-state index in [1.54, 1.807) is 0 Å². The molecule has 1 fully saturated rings. The molecular formula is C14H15F3N2OS. The number of nitrogens with one attached hydrogen (secondary N) is 1. The molecule has 3 N–H and O–H groups in total. The molecule has 2 rings (SSSR count). The lowest BCUT2D eigenvalue weighted by Gasteiger charge is -2.44. The number of halogens is 3. The Bertz CT molecular complexity index is 580. The van der Waals surface area contributed by atoms with Crippen LogP contribution in [0.1, 0.15) is 25.3 Å². The summed E-state index contributed by atoms with van der Waals surface area (Å²) in [6.07, 6.45) is -3.61. The molecule has 0 spiro atoms. The van der Waals surface area contributed by atoms with Gasteiger partial charge in [-0.05, 0) is 30.9 Å². The first-order chi connectivity index (χ1) is 9.67. The summed E-state index contributed by atoms with van der Waals surface area (Å²) in [5.41, 5.74) is 3.43. The molecule has 1 aromatic rings. The number of para-hydroxylation sites is 1. The summed E-state index contributed by atoms with van der Waals surface area (Å²) in [5.74, 6) is -0.292. The number of nitrogens with two attached hydrogens (primary N) is 1. The summed E-state index contributed by atoms with van der Waals surface area (Å²) >= 11 is 4.93. The molecule has 114 valence electrons. The van der Waals surface area contributed by atoms with Crippen LogP contribution in [0.4, 0.5) is 18.9 Å². The molecule has 0 atom stereocenters. The van der Waals surface area contributed by atoms with E-state index in [1.165, 1.54) is 18.2 Å². The fourth-order valence-corrected chi connectivity index (χ4v) is 2.97. The SMILES string of the molecule is CC1CC(C(=O)Nc2ccccc2C(F)(F)F)(C(N)=S)C1. The minimum absolute atomic E-state index is 0.0302. The number of carbonyl (C=O) groups excluding carboxylic acids is 1. The maximum Gasteiger partial charge on any atom is 0.418 e. The third kappa shape index (κ3) is 2.88. The fourth-order valence-electron chi connectivity index (χ4n) is 2.71. The van der Waals surface area contributed by atoms with E-state index in [0.29, 0.717) is 12.8 Å². The van der Waals surface area contributed by atoms with Gasteiger partial charge in [0.05, 0.1) is 21.7 Å². The Morgan fingerprint density at radius 2 is 1.95 bits per heavy atom. The average molecular weight is 316 g/mol. The largest absolute Gasteiger partial charge is 0.418 e. The maximum absolute atomic E-state index is 12.9. The van der Waals surface area contributed by atoms with Crippen molar-refractivity contribution >= 4 is 28.8 Å². The number of carbonyl (C=O) groups is 1. The first-order valence-electron chi connectivity index (χ1n) is 6.44. The topological polar surface area (TPSA) is 55.1 Å². The van der Waals surface area contributed by atoms with Crippen LogP contribution >= 0.6 is 12.2 Å². The number of hydrogen-bond acceptors (Lipinski definition) is 2. The molecule has 0 radical (unpaired) electrons. The maximum atomic E-state index is 12.9. The second-order valence-corrected chi connectivity index (χ2v) is 5.90. The van der Waals surface area contributed by atoms with E-state index in [2.05, 4.69) is 5.32 Å². The minimum atomic E-state index is -4.53. The Kier molecular flexibility index (Phi) is 3.97. The lowest BCUT2D eigenvalue weighted by atomic mass is 9.62. The van der Waals surface area contributed by atoms with Gasteiger partial charge in [-0.3, -0.25) is 4.79 Å². The van der Waals surface area contributed by atoms with E-state index in [-0.39, 0.29) is 16.6 Å². The van der Waals surface area contributed by atoms with Gasteiger partial charge in [-0.15, -0.1) is 0 Å². The number of benzene rings is 1. The van der Waals surface area contributed by atoms with E-state index in [9.17, 15) is 18.0 Å². The Balaban J connectivity index is 2.27. The second kappa shape index (κ2) is 5.29. The standard InChI is InChI=1S/C14H15F3N2OS/c1-8-6-13(7-8,11(18)21)12(20)19-10-5-3-2-4-9(10)14(15,16)17/h2-5,8H,6-7H2,1H3,(H2,18,21)(H,19,20). The zero-order chi connectivity index (χ0) is 15.8. The highest BCUT2D eigenvalue weighted by atomic mass is 32.1. The van der Waals surface area contributed by atoms with Crippen molar-refractivity contribution in [3.8, 4) is 0 Å². The molecule has 0 aliphatic heterocycles. The number of hydrogen-bond donors (Lipinski definition) is 2. The fraction of sp³-hybridized carbons (Fsp3) is 0.429. The summed E-state index contributed by atoms with van der Waals surface area (Å²) in [5, 5.41) is 2.34. The van der Waals surface area contributed by atoms with Crippen LogP contribution in [0, 0.1) is 11.3 Å². The van der Waals surface area contributed by atoms with Gasteiger partial charge in [0.15, 0.2) is 0 Å². The molecule has 1 aliphatic carbocycles. The predicted molar refractivity (Wildman–Crippen MR) is 77.7 cm³/mol. The van der Waals surface area contributed by atoms with Gasteiger partial charge in [0.25, 0.3) is 0 Å². The Morgan fingerprint density at radius 1 is 1.38 bits per heavy atom. The van der Waals surface area contributed by atoms with E-state index in [4.69, 9.17) is 18.0 Å². The van der Waals surface area contributed by atoms with E-state index < -0.39 is 23.1 Å². The van der Waals surface area contributed by atoms with Crippen molar-refractivity contribution in [2.75, 3.05) is 5.32 Å². The number of amides is 1. The highest BCUT2D eigenvalue weighted by molar-refractivity contribution is 7.80. The Labute approximate surface area is 125 Å². The normalized spacial score (nSPS) is 25.0. The summed E-state index contributed by atoms with van der Waals surface area (Å²) in [6.45, 7) is 1.94. The van der Waals surface area contributed by atoms with Crippen LogP contribution in [0.2, 0.25) is 0 Å². The van der Waals surface area contributed by atoms with Gasteiger partial charge in [-0.2, -0.15) is 13.2 Å². The van der Waals surface area contributed by atoms with Gasteiger partial charge in [0.2, 0.25) is 5.91 Å². The van der Waals surface area contributed by atoms with Crippen LogP contribution in [-0.4, -0.2) is 10.9 Å². The lowest BCUT2D eigenvalue weighted by molar-refractivity contribution is -0.137. The number of anilines is 1. The molecule has 1 saturated carbocycles. The molecule has 0 heterocycles. The van der Waals surface area contributed by atoms with Gasteiger partial charge in [0, 0.05) is 0 Å². The summed E-state index contributed by atoms with van der Waals surface area (Å²) in [7, 11) is 0. The predicted octanol–water partition coefficient (Wildman–Crippen LogP) is 3.35. The number of rotatable bonds is 3. The average Bonchev–Trinajstić information content (AvgIpc) is 2.33. The molecule has 0 saturated heterocycles. The summed E-state index contributed by atoms with van der Waals surface area (Å²) in [6, 6.07) is 4.84. The molecule has 0 bridgehead atoms. The molecule has 3 nitrogen and oxygen atoms in total. The van der Waals surface area contributed by atoms with Crippen LogP contribution in [-0.2, 0) is 11.0 Å². The van der Waals surface area contributed by atoms with Gasteiger partial charge < -0.3 is 11.1 Å². The van der Waals surface area contributed by atoms with Crippen molar-refractivity contribution in [3.63, 3.8) is 0 Å². The van der Waals surface area contributed by atoms with Crippen molar-refractivity contribution in [1.82, 2.24) is 0 Å². The highest BCUT2D eigenvalue weighted by Crippen LogP contribution is 2.47. The molecule has 0 unspecified atom stereocenters. The molecule has 0 aromatic heterocycles. The molecule has 21 heavy (non-hydrogen) atoms. The smallest absolute Gasteiger partial charge is 0.392 e. The zero-order valence-corrected chi connectivity index (χ0v) is 12.1. The minimum Gasteiger partial charge on any atom is -0.392 e. The molecule has 7 heteroatoms. The Morgan fingerprint density at radius 3 is 2.43 bits per heavy atom. The summed E-state index contributed by atoms with van der Waals surface area (Å²) in [4.78, 5) is 12.4. The first kappa shape index (κ1) is 15.8. The van der Waals surface area contributed by atoms with Crippen LogP contribution < -0.4 is 11.1 Å². The zero-order valence-electron chi connectivity index (χ0n) is 11.3.